The Morgan fingerprint density at radius 1 is 0.833 bits per heavy atom. The van der Waals surface area contributed by atoms with E-state index in [2.05, 4.69) is 23.8 Å². The van der Waals surface area contributed by atoms with Gasteiger partial charge < -0.3 is 5.73 Å². The molecule has 2 N–H and O–H groups in total. The van der Waals surface area contributed by atoms with E-state index in [0.29, 0.717) is 0 Å². The van der Waals surface area contributed by atoms with Crippen LogP contribution in [0.25, 0.3) is 11.1 Å². The van der Waals surface area contributed by atoms with Crippen molar-refractivity contribution in [1.29, 1.82) is 0 Å². The zero-order valence-corrected chi connectivity index (χ0v) is 12.8. The van der Waals surface area contributed by atoms with Crippen molar-refractivity contribution in [2.75, 3.05) is 12.0 Å². The standard InChI is InChI=1S/C12H11N.C2H6.CH4S2/c13-12-8-6-11(7-9-12)10-4-2-1-3-5-10;1-2;1-3-2/h1-9H,13H2;1-2H3;2H,1H3. The fourth-order valence-electron chi connectivity index (χ4n) is 1.31. The summed E-state index contributed by atoms with van der Waals surface area (Å²) in [5.74, 6) is 0. The summed E-state index contributed by atoms with van der Waals surface area (Å²) < 4.78 is 0. The minimum Gasteiger partial charge on any atom is -0.399 e. The first kappa shape index (κ1) is 16.9. The van der Waals surface area contributed by atoms with Crippen molar-refractivity contribution in [2.45, 2.75) is 13.8 Å². The molecule has 2 rings (SSSR count). The number of rotatable bonds is 1. The highest BCUT2D eigenvalue weighted by molar-refractivity contribution is 8.68. The first-order chi connectivity index (χ1) is 8.77. The minimum absolute atomic E-state index is 0.805. The maximum absolute atomic E-state index is 5.60. The molecule has 0 aliphatic carbocycles. The molecule has 0 amide bonds. The predicted molar refractivity (Wildman–Crippen MR) is 90.1 cm³/mol. The summed E-state index contributed by atoms with van der Waals surface area (Å²) in [4.78, 5) is 0. The summed E-state index contributed by atoms with van der Waals surface area (Å²) in [6.45, 7) is 4.00. The largest absolute Gasteiger partial charge is 0.399 e. The van der Waals surface area contributed by atoms with Gasteiger partial charge in [0.15, 0.2) is 0 Å². The molecular weight excluding hydrogens is 258 g/mol. The second kappa shape index (κ2) is 11.1. The quantitative estimate of drug-likeness (QED) is 0.428. The maximum Gasteiger partial charge on any atom is 0.0314 e. The van der Waals surface area contributed by atoms with Gasteiger partial charge in [-0.15, -0.1) is 22.5 Å². The minimum atomic E-state index is 0.805. The van der Waals surface area contributed by atoms with E-state index >= 15 is 0 Å². The van der Waals surface area contributed by atoms with Crippen LogP contribution in [0.5, 0.6) is 0 Å². The molecule has 0 unspecified atom stereocenters. The Morgan fingerprint density at radius 2 is 1.22 bits per heavy atom. The zero-order chi connectivity index (χ0) is 13.8. The Hall–Kier alpha value is -1.06. The van der Waals surface area contributed by atoms with Gasteiger partial charge in [-0.2, -0.15) is 0 Å². The molecule has 18 heavy (non-hydrogen) atoms. The number of benzene rings is 2. The van der Waals surface area contributed by atoms with Crippen molar-refractivity contribution in [3.63, 3.8) is 0 Å². The molecule has 0 bridgehead atoms. The Balaban J connectivity index is 0.000000509. The van der Waals surface area contributed by atoms with Gasteiger partial charge in [-0.05, 0) is 29.5 Å². The molecule has 0 aliphatic heterocycles. The third-order valence-electron chi connectivity index (χ3n) is 2.02. The highest BCUT2D eigenvalue weighted by Crippen LogP contribution is 2.19. The number of anilines is 1. The topological polar surface area (TPSA) is 26.0 Å². The van der Waals surface area contributed by atoms with Crippen molar-refractivity contribution in [1.82, 2.24) is 0 Å². The summed E-state index contributed by atoms with van der Waals surface area (Å²) >= 11 is 3.71. The zero-order valence-electron chi connectivity index (χ0n) is 11.1. The normalized spacial score (nSPS) is 8.44. The molecule has 3 heteroatoms. The third-order valence-corrected chi connectivity index (χ3v) is 2.02. The van der Waals surface area contributed by atoms with Crippen molar-refractivity contribution in [3.05, 3.63) is 54.6 Å². The van der Waals surface area contributed by atoms with Gasteiger partial charge in [0.25, 0.3) is 0 Å². The lowest BCUT2D eigenvalue weighted by Gasteiger charge is -2.00. The van der Waals surface area contributed by atoms with Gasteiger partial charge in [0.1, 0.15) is 0 Å². The van der Waals surface area contributed by atoms with Crippen LogP contribution >= 0.6 is 22.5 Å². The summed E-state index contributed by atoms with van der Waals surface area (Å²) in [6.07, 6.45) is 1.91. The molecule has 2 aromatic rings. The summed E-state index contributed by atoms with van der Waals surface area (Å²) in [5, 5.41) is 0. The molecule has 2 aromatic carbocycles. The average Bonchev–Trinajstić information content (AvgIpc) is 2.44. The summed E-state index contributed by atoms with van der Waals surface area (Å²) in [5.41, 5.74) is 8.84. The van der Waals surface area contributed by atoms with Crippen LogP contribution in [0.3, 0.4) is 0 Å². The second-order valence-corrected chi connectivity index (χ2v) is 4.63. The van der Waals surface area contributed by atoms with Crippen LogP contribution in [0.15, 0.2) is 54.6 Å². The molecule has 0 saturated heterocycles. The highest BCUT2D eigenvalue weighted by Gasteiger charge is 1.94. The molecule has 1 nitrogen and oxygen atoms in total. The Bertz CT molecular complexity index is 399. The average molecular weight is 279 g/mol. The smallest absolute Gasteiger partial charge is 0.0314 e. The van der Waals surface area contributed by atoms with Crippen LogP contribution in [0.1, 0.15) is 13.8 Å². The lowest BCUT2D eigenvalue weighted by Crippen LogP contribution is -1.83. The predicted octanol–water partition coefficient (Wildman–Crippen LogP) is 5.16. The van der Waals surface area contributed by atoms with Gasteiger partial charge in [-0.3, -0.25) is 0 Å². The molecule has 0 aromatic heterocycles. The lowest BCUT2D eigenvalue weighted by atomic mass is 10.1. The highest BCUT2D eigenvalue weighted by atomic mass is 33.1. The van der Waals surface area contributed by atoms with Crippen molar-refractivity contribution in [3.8, 4) is 11.1 Å². The van der Waals surface area contributed by atoms with Crippen molar-refractivity contribution in [2.24, 2.45) is 0 Å². The van der Waals surface area contributed by atoms with Crippen molar-refractivity contribution < 1.29 is 0 Å². The lowest BCUT2D eigenvalue weighted by molar-refractivity contribution is 1.50. The Labute approximate surface area is 120 Å². The van der Waals surface area contributed by atoms with Crippen LogP contribution in [0, 0.1) is 0 Å². The van der Waals surface area contributed by atoms with Gasteiger partial charge in [-0.25, -0.2) is 0 Å². The third kappa shape index (κ3) is 6.62. The molecule has 0 fully saturated rings. The first-order valence-electron chi connectivity index (χ1n) is 5.86. The van der Waals surface area contributed by atoms with E-state index in [1.165, 1.54) is 21.9 Å². The van der Waals surface area contributed by atoms with Gasteiger partial charge in [0.05, 0.1) is 0 Å². The van der Waals surface area contributed by atoms with Crippen LogP contribution in [-0.2, 0) is 0 Å². The summed E-state index contributed by atoms with van der Waals surface area (Å²) in [6, 6.07) is 18.2. The number of thiol groups is 1. The Morgan fingerprint density at radius 3 is 1.67 bits per heavy atom. The van der Waals surface area contributed by atoms with Crippen molar-refractivity contribution >= 4 is 28.1 Å². The van der Waals surface area contributed by atoms with Crippen LogP contribution in [0.2, 0.25) is 0 Å². The number of nitrogen functional groups attached to an aromatic ring is 1. The summed E-state index contributed by atoms with van der Waals surface area (Å²) in [7, 11) is 1.44. The molecule has 0 aliphatic rings. The number of hydrogen-bond donors (Lipinski definition) is 2. The van der Waals surface area contributed by atoms with Gasteiger partial charge >= 0.3 is 0 Å². The van der Waals surface area contributed by atoms with Gasteiger partial charge in [0, 0.05) is 5.69 Å². The van der Waals surface area contributed by atoms with E-state index in [1.807, 2.05) is 62.6 Å². The van der Waals surface area contributed by atoms with E-state index in [4.69, 9.17) is 5.73 Å². The van der Waals surface area contributed by atoms with E-state index in [-0.39, 0.29) is 0 Å². The van der Waals surface area contributed by atoms with E-state index in [9.17, 15) is 0 Å². The number of nitrogens with two attached hydrogens (primary N) is 1. The van der Waals surface area contributed by atoms with E-state index in [0.717, 1.165) is 5.69 Å². The van der Waals surface area contributed by atoms with E-state index < -0.39 is 0 Å². The Kier molecular flexibility index (Phi) is 10.4. The molecule has 0 saturated carbocycles. The SMILES string of the molecule is CC.CSS.Nc1ccc(-c2ccccc2)cc1. The molecule has 0 heterocycles. The van der Waals surface area contributed by atoms with Crippen LogP contribution < -0.4 is 5.73 Å². The van der Waals surface area contributed by atoms with Gasteiger partial charge in [-0.1, -0.05) is 56.3 Å². The first-order valence-corrected chi connectivity index (χ1v) is 8.14. The fourth-order valence-corrected chi connectivity index (χ4v) is 1.31. The second-order valence-electron chi connectivity index (χ2n) is 3.17. The molecular formula is C15H21NS2. The molecule has 0 spiro atoms. The molecule has 98 valence electrons. The van der Waals surface area contributed by atoms with E-state index in [1.54, 1.807) is 0 Å². The number of hydrogen-bond acceptors (Lipinski definition) is 3. The monoisotopic (exact) mass is 279 g/mol. The maximum atomic E-state index is 5.60. The van der Waals surface area contributed by atoms with Gasteiger partial charge in [0.2, 0.25) is 0 Å². The van der Waals surface area contributed by atoms with Crippen LogP contribution in [0.4, 0.5) is 5.69 Å². The molecule has 0 radical (unpaired) electrons. The van der Waals surface area contributed by atoms with Crippen LogP contribution in [-0.4, -0.2) is 6.26 Å². The fraction of sp³-hybridized carbons (Fsp3) is 0.200. The molecule has 0 atom stereocenters.